The number of halogens is 2. The molecule has 0 bridgehead atoms. The lowest BCUT2D eigenvalue weighted by Gasteiger charge is -2.14. The van der Waals surface area contributed by atoms with Crippen LogP contribution in [0.5, 0.6) is 5.75 Å². The molecular formula is C10H12Cl2O3S. The highest BCUT2D eigenvalue weighted by Gasteiger charge is 2.19. The Morgan fingerprint density at radius 3 is 2.06 bits per heavy atom. The van der Waals surface area contributed by atoms with Gasteiger partial charge in [0.1, 0.15) is 5.75 Å². The van der Waals surface area contributed by atoms with Gasteiger partial charge in [0.05, 0.1) is 5.75 Å². The van der Waals surface area contributed by atoms with Crippen LogP contribution in [0.2, 0.25) is 5.02 Å². The third-order valence-corrected chi connectivity index (χ3v) is 4.16. The Morgan fingerprint density at radius 1 is 1.12 bits per heavy atom. The first-order valence-corrected chi connectivity index (χ1v) is 7.40. The molecule has 1 aromatic rings. The van der Waals surface area contributed by atoms with Gasteiger partial charge < -0.3 is 5.11 Å². The zero-order valence-corrected chi connectivity index (χ0v) is 11.5. The van der Waals surface area contributed by atoms with E-state index in [-0.39, 0.29) is 11.3 Å². The molecule has 0 radical (unpaired) electrons. The topological polar surface area (TPSA) is 54.4 Å². The maximum atomic E-state index is 11.0. The Morgan fingerprint density at radius 2 is 1.62 bits per heavy atom. The highest BCUT2D eigenvalue weighted by atomic mass is 35.7. The van der Waals surface area contributed by atoms with Gasteiger partial charge in [0.2, 0.25) is 9.05 Å². The summed E-state index contributed by atoms with van der Waals surface area (Å²) in [5, 5.41) is 10.3. The monoisotopic (exact) mass is 282 g/mol. The fraction of sp³-hybridized carbons (Fsp3) is 0.400. The average Bonchev–Trinajstić information content (AvgIpc) is 2.17. The molecule has 0 aromatic heterocycles. The largest absolute Gasteiger partial charge is 0.507 e. The van der Waals surface area contributed by atoms with Crippen molar-refractivity contribution in [3.05, 3.63) is 27.3 Å². The third-order valence-electron chi connectivity index (χ3n) is 2.63. The van der Waals surface area contributed by atoms with Gasteiger partial charge in [-0.2, -0.15) is 0 Å². The van der Waals surface area contributed by atoms with Crippen molar-refractivity contribution in [2.24, 2.45) is 0 Å². The zero-order valence-electron chi connectivity index (χ0n) is 9.13. The molecule has 0 atom stereocenters. The van der Waals surface area contributed by atoms with Crippen LogP contribution in [-0.4, -0.2) is 13.5 Å². The number of benzene rings is 1. The number of hydrogen-bond donors (Lipinski definition) is 1. The summed E-state index contributed by atoms with van der Waals surface area (Å²) in [6.07, 6.45) is 0. The highest BCUT2D eigenvalue weighted by Crippen LogP contribution is 2.36. The van der Waals surface area contributed by atoms with Crippen molar-refractivity contribution in [1.82, 2.24) is 0 Å². The van der Waals surface area contributed by atoms with Crippen molar-refractivity contribution in [3.63, 3.8) is 0 Å². The molecule has 16 heavy (non-hydrogen) atoms. The average molecular weight is 283 g/mol. The van der Waals surface area contributed by atoms with Crippen molar-refractivity contribution >= 4 is 31.3 Å². The van der Waals surface area contributed by atoms with Crippen LogP contribution < -0.4 is 0 Å². The van der Waals surface area contributed by atoms with Crippen molar-refractivity contribution < 1.29 is 13.5 Å². The standard InChI is InChI=1S/C10H12Cl2O3S/c1-5-6(2)10(13)8(4-16(12,14)15)7(3)9(5)11/h13H,4H2,1-3H3. The molecule has 1 rings (SSSR count). The van der Waals surface area contributed by atoms with E-state index in [0.29, 0.717) is 16.1 Å². The predicted molar refractivity (Wildman–Crippen MR) is 65.8 cm³/mol. The first-order valence-electron chi connectivity index (χ1n) is 4.54. The molecule has 6 heteroatoms. The quantitative estimate of drug-likeness (QED) is 0.849. The van der Waals surface area contributed by atoms with Crippen LogP contribution in [0.25, 0.3) is 0 Å². The Bertz CT molecular complexity index is 506. The van der Waals surface area contributed by atoms with Crippen LogP contribution in [0.4, 0.5) is 0 Å². The Labute approximate surface area is 104 Å². The molecule has 3 nitrogen and oxygen atoms in total. The zero-order chi connectivity index (χ0) is 12.7. The van der Waals surface area contributed by atoms with Gasteiger partial charge >= 0.3 is 0 Å². The minimum absolute atomic E-state index is 0.0522. The normalized spacial score (nSPS) is 11.8. The molecular weight excluding hydrogens is 271 g/mol. The Balaban J connectivity index is 3.52. The smallest absolute Gasteiger partial charge is 0.236 e. The lowest BCUT2D eigenvalue weighted by atomic mass is 10.00. The second-order valence-corrected chi connectivity index (χ2v) is 6.85. The fourth-order valence-electron chi connectivity index (χ4n) is 1.51. The maximum absolute atomic E-state index is 11.0. The molecule has 0 saturated heterocycles. The van der Waals surface area contributed by atoms with Gasteiger partial charge in [-0.25, -0.2) is 8.42 Å². The number of aromatic hydroxyl groups is 1. The molecule has 90 valence electrons. The third kappa shape index (κ3) is 2.62. The highest BCUT2D eigenvalue weighted by molar-refractivity contribution is 8.13. The first kappa shape index (κ1) is 13.6. The molecule has 0 aliphatic heterocycles. The van der Waals surface area contributed by atoms with Crippen LogP contribution in [0.3, 0.4) is 0 Å². The van der Waals surface area contributed by atoms with Crippen LogP contribution >= 0.6 is 22.3 Å². The van der Waals surface area contributed by atoms with E-state index in [2.05, 4.69) is 0 Å². The van der Waals surface area contributed by atoms with Crippen LogP contribution in [0, 0.1) is 20.8 Å². The van der Waals surface area contributed by atoms with E-state index in [9.17, 15) is 13.5 Å². The van der Waals surface area contributed by atoms with E-state index in [4.69, 9.17) is 22.3 Å². The number of rotatable bonds is 2. The number of phenolic OH excluding ortho intramolecular Hbond substituents is 1. The SMILES string of the molecule is Cc1c(C)c(Cl)c(C)c(CS(=O)(=O)Cl)c1O. The molecule has 0 aliphatic rings. The van der Waals surface area contributed by atoms with Crippen molar-refractivity contribution in [3.8, 4) is 5.75 Å². The van der Waals surface area contributed by atoms with Gasteiger partial charge in [0.25, 0.3) is 0 Å². The van der Waals surface area contributed by atoms with Crippen molar-refractivity contribution in [2.75, 3.05) is 0 Å². The Kier molecular flexibility index (Phi) is 3.77. The lowest BCUT2D eigenvalue weighted by Crippen LogP contribution is -2.02. The van der Waals surface area contributed by atoms with Crippen molar-refractivity contribution in [1.29, 1.82) is 0 Å². The van der Waals surface area contributed by atoms with Crippen LogP contribution in [0.15, 0.2) is 0 Å². The molecule has 0 unspecified atom stereocenters. The van der Waals surface area contributed by atoms with Gasteiger partial charge in [0, 0.05) is 21.3 Å². The minimum Gasteiger partial charge on any atom is -0.507 e. The minimum atomic E-state index is -3.71. The molecule has 0 spiro atoms. The first-order chi connectivity index (χ1) is 7.15. The van der Waals surface area contributed by atoms with E-state index in [1.165, 1.54) is 0 Å². The van der Waals surface area contributed by atoms with Crippen LogP contribution in [-0.2, 0) is 14.8 Å². The second-order valence-electron chi connectivity index (χ2n) is 3.70. The van der Waals surface area contributed by atoms with E-state index < -0.39 is 14.8 Å². The fourth-order valence-corrected chi connectivity index (χ4v) is 2.79. The Hall–Kier alpha value is -0.450. The van der Waals surface area contributed by atoms with Crippen molar-refractivity contribution in [2.45, 2.75) is 26.5 Å². The summed E-state index contributed by atoms with van der Waals surface area (Å²) in [4.78, 5) is 0. The molecule has 0 amide bonds. The maximum Gasteiger partial charge on any atom is 0.236 e. The predicted octanol–water partition coefficient (Wildman–Crippen LogP) is 3.04. The van der Waals surface area contributed by atoms with E-state index in [1.807, 2.05) is 0 Å². The van der Waals surface area contributed by atoms with Gasteiger partial charge in [-0.15, -0.1) is 0 Å². The summed E-state index contributed by atoms with van der Waals surface area (Å²) in [5.74, 6) is -0.476. The molecule has 0 heterocycles. The molecule has 1 N–H and O–H groups in total. The number of hydrogen-bond acceptors (Lipinski definition) is 3. The molecule has 1 aromatic carbocycles. The van der Waals surface area contributed by atoms with E-state index in [1.54, 1.807) is 20.8 Å². The summed E-state index contributed by atoms with van der Waals surface area (Å²) in [5.41, 5.74) is 2.13. The summed E-state index contributed by atoms with van der Waals surface area (Å²) in [6.45, 7) is 5.11. The van der Waals surface area contributed by atoms with Gasteiger partial charge in [-0.1, -0.05) is 11.6 Å². The molecule has 0 fully saturated rings. The molecule has 0 saturated carbocycles. The van der Waals surface area contributed by atoms with Gasteiger partial charge in [0.15, 0.2) is 0 Å². The second kappa shape index (κ2) is 4.43. The molecule has 0 aliphatic carbocycles. The lowest BCUT2D eigenvalue weighted by molar-refractivity contribution is 0.464. The summed E-state index contributed by atoms with van der Waals surface area (Å²) in [7, 11) is 1.46. The van der Waals surface area contributed by atoms with E-state index >= 15 is 0 Å². The summed E-state index contributed by atoms with van der Waals surface area (Å²) in [6, 6.07) is 0. The van der Waals surface area contributed by atoms with Gasteiger partial charge in [-0.3, -0.25) is 0 Å². The van der Waals surface area contributed by atoms with E-state index in [0.717, 1.165) is 5.56 Å². The summed E-state index contributed by atoms with van der Waals surface area (Å²) < 4.78 is 22.0. The van der Waals surface area contributed by atoms with Gasteiger partial charge in [-0.05, 0) is 37.5 Å². The number of phenols is 1. The van der Waals surface area contributed by atoms with Crippen LogP contribution in [0.1, 0.15) is 22.3 Å². The summed E-state index contributed by atoms with van der Waals surface area (Å²) >= 11 is 6.04.